The average Bonchev–Trinajstić information content (AvgIpc) is 3.10. The normalized spacial score (nSPS) is 13.6. The van der Waals surface area contributed by atoms with Crippen molar-refractivity contribution in [3.8, 4) is 0 Å². The van der Waals surface area contributed by atoms with Gasteiger partial charge in [-0.25, -0.2) is 0 Å². The molecule has 0 aromatic heterocycles. The second-order valence-electron chi connectivity index (χ2n) is 13.1. The van der Waals surface area contributed by atoms with E-state index in [1.807, 2.05) is 77.9 Å². The highest BCUT2D eigenvalue weighted by Gasteiger charge is 2.46. The second kappa shape index (κ2) is 14.4. The lowest BCUT2D eigenvalue weighted by molar-refractivity contribution is 0.103. The minimum atomic E-state index is -4.45. The summed E-state index contributed by atoms with van der Waals surface area (Å²) in [7, 11) is -8.90. The SMILES string of the molecule is Cc1cc(C)c(P(=O)(OP(=O)(c2ccccc2C(=O)c2ccccc2)c2c(C)cc(C)cc2C)c2ccccc2C(=O)c2ccccc2)c(C)c1. The molecular formula is C44H40O5P2. The summed E-state index contributed by atoms with van der Waals surface area (Å²) >= 11 is 0. The highest BCUT2D eigenvalue weighted by molar-refractivity contribution is 7.86. The molecular weight excluding hydrogens is 670 g/mol. The van der Waals surface area contributed by atoms with Crippen LogP contribution in [-0.2, 0) is 13.4 Å². The average molecular weight is 711 g/mol. The summed E-state index contributed by atoms with van der Waals surface area (Å²) in [6.07, 6.45) is 0. The van der Waals surface area contributed by atoms with Gasteiger partial charge in [0.2, 0.25) is 0 Å². The van der Waals surface area contributed by atoms with Crippen molar-refractivity contribution in [2.24, 2.45) is 0 Å². The predicted octanol–water partition coefficient (Wildman–Crippen LogP) is 9.17. The number of hydrogen-bond donors (Lipinski definition) is 0. The summed E-state index contributed by atoms with van der Waals surface area (Å²) in [5.74, 6) is -0.677. The summed E-state index contributed by atoms with van der Waals surface area (Å²) in [4.78, 5) is 28.5. The van der Waals surface area contributed by atoms with Crippen molar-refractivity contribution in [1.82, 2.24) is 0 Å². The fourth-order valence-corrected chi connectivity index (χ4v) is 14.0. The molecule has 0 bridgehead atoms. The van der Waals surface area contributed by atoms with Crippen LogP contribution in [0.5, 0.6) is 0 Å². The highest BCUT2D eigenvalue weighted by atomic mass is 31.2. The van der Waals surface area contributed by atoms with E-state index in [0.717, 1.165) is 11.1 Å². The molecule has 2 atom stereocenters. The Bertz CT molecular complexity index is 2180. The van der Waals surface area contributed by atoms with Crippen LogP contribution >= 0.6 is 14.7 Å². The molecule has 0 spiro atoms. The molecule has 0 fully saturated rings. The van der Waals surface area contributed by atoms with Gasteiger partial charge in [-0.05, 0) is 75.9 Å². The molecule has 51 heavy (non-hydrogen) atoms. The fraction of sp³-hybridized carbons (Fsp3) is 0.136. The molecule has 6 aromatic carbocycles. The number of hydrogen-bond acceptors (Lipinski definition) is 5. The molecule has 0 N–H and O–H groups in total. The molecule has 6 aromatic rings. The first kappa shape index (κ1) is 35.9. The number of ketones is 2. The Morgan fingerprint density at radius 2 is 0.725 bits per heavy atom. The van der Waals surface area contributed by atoms with Gasteiger partial charge in [-0.3, -0.25) is 23.0 Å². The number of aryl methyl sites for hydroxylation is 6. The zero-order valence-corrected chi connectivity index (χ0v) is 31.4. The van der Waals surface area contributed by atoms with Crippen LogP contribution in [-0.4, -0.2) is 11.6 Å². The largest absolute Gasteiger partial charge is 0.289 e. The molecule has 0 aliphatic rings. The Morgan fingerprint density at radius 1 is 0.431 bits per heavy atom. The first-order valence-electron chi connectivity index (χ1n) is 16.8. The van der Waals surface area contributed by atoms with Gasteiger partial charge in [0.25, 0.3) is 14.7 Å². The molecule has 256 valence electrons. The lowest BCUT2D eigenvalue weighted by Gasteiger charge is -2.31. The summed E-state index contributed by atoms with van der Waals surface area (Å²) in [5, 5.41) is 1.03. The van der Waals surface area contributed by atoms with Crippen molar-refractivity contribution >= 4 is 47.5 Å². The van der Waals surface area contributed by atoms with Gasteiger partial charge in [-0.2, -0.15) is 0 Å². The van der Waals surface area contributed by atoms with Gasteiger partial charge in [0.15, 0.2) is 11.6 Å². The number of carbonyl (C=O) groups is 2. The predicted molar refractivity (Wildman–Crippen MR) is 209 cm³/mol. The van der Waals surface area contributed by atoms with Gasteiger partial charge in [0.05, 0.1) is 10.6 Å². The third-order valence-corrected chi connectivity index (χ3v) is 15.6. The van der Waals surface area contributed by atoms with Crippen LogP contribution in [0.25, 0.3) is 0 Å². The van der Waals surface area contributed by atoms with Crippen LogP contribution in [0.1, 0.15) is 65.2 Å². The van der Waals surface area contributed by atoms with Gasteiger partial charge in [-0.1, -0.05) is 132 Å². The smallest absolute Gasteiger partial charge is 0.268 e. The van der Waals surface area contributed by atoms with Crippen LogP contribution in [0, 0.1) is 41.5 Å². The van der Waals surface area contributed by atoms with Crippen LogP contribution in [0.3, 0.4) is 0 Å². The summed E-state index contributed by atoms with van der Waals surface area (Å²) in [6, 6.07) is 38.7. The summed E-state index contributed by atoms with van der Waals surface area (Å²) in [5.41, 5.74) is 5.83. The summed E-state index contributed by atoms with van der Waals surface area (Å²) < 4.78 is 40.0. The first-order valence-corrected chi connectivity index (χ1v) is 20.1. The highest BCUT2D eigenvalue weighted by Crippen LogP contribution is 2.63. The Hall–Kier alpha value is -4.92. The van der Waals surface area contributed by atoms with Crippen molar-refractivity contribution in [1.29, 1.82) is 0 Å². The van der Waals surface area contributed by atoms with Gasteiger partial charge < -0.3 is 0 Å². The Balaban J connectivity index is 1.71. The second-order valence-corrected chi connectivity index (χ2v) is 17.8. The third kappa shape index (κ3) is 6.78. The molecule has 0 radical (unpaired) electrons. The first-order chi connectivity index (χ1) is 24.3. The molecule has 0 amide bonds. The van der Waals surface area contributed by atoms with Gasteiger partial charge in [0.1, 0.15) is 0 Å². The maximum Gasteiger partial charge on any atom is 0.268 e. The van der Waals surface area contributed by atoms with Crippen molar-refractivity contribution in [3.05, 3.63) is 189 Å². The van der Waals surface area contributed by atoms with E-state index in [4.69, 9.17) is 4.31 Å². The molecule has 2 unspecified atom stereocenters. The van der Waals surface area contributed by atoms with Crippen molar-refractivity contribution in [2.45, 2.75) is 41.5 Å². The van der Waals surface area contributed by atoms with Crippen LogP contribution in [0.15, 0.2) is 133 Å². The maximum atomic E-state index is 16.5. The number of rotatable bonds is 10. The Kier molecular flexibility index (Phi) is 10.1. The lowest BCUT2D eigenvalue weighted by Crippen LogP contribution is -2.32. The third-order valence-electron chi connectivity index (χ3n) is 9.09. The molecule has 7 heteroatoms. The van der Waals surface area contributed by atoms with Gasteiger partial charge in [0, 0.05) is 32.9 Å². The van der Waals surface area contributed by atoms with E-state index < -0.39 is 14.7 Å². The Morgan fingerprint density at radius 3 is 1.06 bits per heavy atom. The van der Waals surface area contributed by atoms with E-state index in [1.165, 1.54) is 0 Å². The molecule has 0 saturated heterocycles. The Labute approximate surface area is 300 Å². The van der Waals surface area contributed by atoms with E-state index in [1.54, 1.807) is 97.1 Å². The lowest BCUT2D eigenvalue weighted by atomic mass is 10.0. The zero-order chi connectivity index (χ0) is 36.5. The summed E-state index contributed by atoms with van der Waals surface area (Å²) in [6.45, 7) is 11.3. The number of benzene rings is 6. The van der Waals surface area contributed by atoms with E-state index in [0.29, 0.717) is 44.0 Å². The van der Waals surface area contributed by atoms with E-state index in [2.05, 4.69) is 0 Å². The van der Waals surface area contributed by atoms with E-state index >= 15 is 9.13 Å². The van der Waals surface area contributed by atoms with Crippen LogP contribution in [0.2, 0.25) is 0 Å². The fourth-order valence-electron chi connectivity index (χ4n) is 7.18. The van der Waals surface area contributed by atoms with Gasteiger partial charge in [-0.15, -0.1) is 0 Å². The molecule has 0 saturated carbocycles. The minimum absolute atomic E-state index is 0.142. The molecule has 0 heterocycles. The molecule has 6 rings (SSSR count). The quantitative estimate of drug-likeness (QED) is 0.105. The van der Waals surface area contributed by atoms with Gasteiger partial charge >= 0.3 is 0 Å². The van der Waals surface area contributed by atoms with Crippen LogP contribution in [0.4, 0.5) is 0 Å². The monoisotopic (exact) mass is 710 g/mol. The van der Waals surface area contributed by atoms with Crippen LogP contribution < -0.4 is 21.2 Å². The van der Waals surface area contributed by atoms with Crippen molar-refractivity contribution in [2.75, 3.05) is 0 Å². The van der Waals surface area contributed by atoms with E-state index in [-0.39, 0.29) is 33.3 Å². The topological polar surface area (TPSA) is 77.5 Å². The standard InChI is InChI=1S/C44H40O5P2/c1-29-25-31(3)43(32(4)26-29)50(47,39-23-15-13-21-37(39)41(45)35-17-9-7-10-18-35)49-51(48,44-33(5)27-30(2)28-34(44)6)40-24-16-14-22-38(40)42(46)36-19-11-8-12-20-36/h7-28H,1-6H3. The van der Waals surface area contributed by atoms with Crippen molar-refractivity contribution < 1.29 is 23.0 Å². The molecule has 0 aliphatic carbocycles. The maximum absolute atomic E-state index is 16.5. The zero-order valence-electron chi connectivity index (χ0n) is 29.6. The van der Waals surface area contributed by atoms with Crippen molar-refractivity contribution in [3.63, 3.8) is 0 Å². The minimum Gasteiger partial charge on any atom is -0.289 e. The number of carbonyl (C=O) groups excluding carboxylic acids is 2. The molecule has 0 aliphatic heterocycles. The van der Waals surface area contributed by atoms with E-state index in [9.17, 15) is 9.59 Å². The molecule has 5 nitrogen and oxygen atoms in total.